The molecule has 2 heterocycles. The van der Waals surface area contributed by atoms with E-state index >= 15 is 0 Å². The van der Waals surface area contributed by atoms with E-state index in [1.807, 2.05) is 13.8 Å². The SMILES string of the molecule is Cc1nc(CC2(F)CCCNC2)sc1C. The van der Waals surface area contributed by atoms with Crippen LogP contribution in [0.15, 0.2) is 0 Å². The van der Waals surface area contributed by atoms with Crippen LogP contribution in [0.2, 0.25) is 0 Å². The molecule has 2 rings (SSSR count). The third-order valence-corrected chi connectivity index (χ3v) is 4.03. The maximum atomic E-state index is 14.3. The van der Waals surface area contributed by atoms with Gasteiger partial charge in [-0.3, -0.25) is 0 Å². The van der Waals surface area contributed by atoms with Crippen LogP contribution in [0.5, 0.6) is 0 Å². The van der Waals surface area contributed by atoms with E-state index in [2.05, 4.69) is 10.3 Å². The maximum Gasteiger partial charge on any atom is 0.129 e. The molecule has 1 aromatic rings. The minimum atomic E-state index is -1.07. The lowest BCUT2D eigenvalue weighted by Gasteiger charge is -2.29. The number of hydrogen-bond acceptors (Lipinski definition) is 3. The molecule has 15 heavy (non-hydrogen) atoms. The second-order valence-electron chi connectivity index (χ2n) is 4.36. The van der Waals surface area contributed by atoms with Crippen molar-refractivity contribution in [2.24, 2.45) is 0 Å². The van der Waals surface area contributed by atoms with Crippen LogP contribution in [0.4, 0.5) is 4.39 Å². The molecule has 2 nitrogen and oxygen atoms in total. The molecule has 1 aliphatic rings. The van der Waals surface area contributed by atoms with Gasteiger partial charge in [0.05, 0.1) is 10.7 Å². The third-order valence-electron chi connectivity index (χ3n) is 2.96. The number of nitrogens with one attached hydrogen (secondary N) is 1. The number of nitrogens with zero attached hydrogens (tertiary/aromatic N) is 1. The summed E-state index contributed by atoms with van der Waals surface area (Å²) in [6.07, 6.45) is 2.07. The van der Waals surface area contributed by atoms with Crippen molar-refractivity contribution in [3.8, 4) is 0 Å². The summed E-state index contributed by atoms with van der Waals surface area (Å²) >= 11 is 1.63. The molecule has 1 N–H and O–H groups in total. The van der Waals surface area contributed by atoms with Gasteiger partial charge in [-0.05, 0) is 33.2 Å². The topological polar surface area (TPSA) is 24.9 Å². The molecule has 1 saturated heterocycles. The van der Waals surface area contributed by atoms with Gasteiger partial charge in [0, 0.05) is 17.8 Å². The number of alkyl halides is 1. The summed E-state index contributed by atoms with van der Waals surface area (Å²) in [4.78, 5) is 5.61. The second kappa shape index (κ2) is 4.18. The molecule has 0 spiro atoms. The lowest BCUT2D eigenvalue weighted by Crippen LogP contribution is -2.43. The Bertz CT molecular complexity index is 323. The van der Waals surface area contributed by atoms with Crippen LogP contribution in [-0.2, 0) is 6.42 Å². The highest BCUT2D eigenvalue weighted by molar-refractivity contribution is 7.11. The van der Waals surface area contributed by atoms with E-state index in [4.69, 9.17) is 0 Å². The minimum Gasteiger partial charge on any atom is -0.314 e. The standard InChI is InChI=1S/C11H17FN2S/c1-8-9(2)15-10(14-8)6-11(12)4-3-5-13-7-11/h13H,3-7H2,1-2H3. The quantitative estimate of drug-likeness (QED) is 0.840. The highest BCUT2D eigenvalue weighted by atomic mass is 32.1. The Balaban J connectivity index is 2.06. The highest BCUT2D eigenvalue weighted by Crippen LogP contribution is 2.28. The molecule has 1 aliphatic heterocycles. The van der Waals surface area contributed by atoms with Crippen LogP contribution in [-0.4, -0.2) is 23.7 Å². The Hall–Kier alpha value is -0.480. The van der Waals surface area contributed by atoms with Crippen molar-refractivity contribution in [3.63, 3.8) is 0 Å². The van der Waals surface area contributed by atoms with E-state index in [0.29, 0.717) is 19.4 Å². The first kappa shape index (κ1) is 11.0. The van der Waals surface area contributed by atoms with Crippen LogP contribution >= 0.6 is 11.3 Å². The molecule has 1 fully saturated rings. The van der Waals surface area contributed by atoms with E-state index in [0.717, 1.165) is 23.7 Å². The summed E-state index contributed by atoms with van der Waals surface area (Å²) in [5.74, 6) is 0. The third kappa shape index (κ3) is 2.55. The number of piperidine rings is 1. The summed E-state index contributed by atoms with van der Waals surface area (Å²) < 4.78 is 14.3. The molecule has 0 saturated carbocycles. The van der Waals surface area contributed by atoms with E-state index in [1.165, 1.54) is 4.88 Å². The largest absolute Gasteiger partial charge is 0.314 e. The fourth-order valence-corrected chi connectivity index (χ4v) is 3.03. The van der Waals surface area contributed by atoms with Gasteiger partial charge in [-0.2, -0.15) is 0 Å². The fraction of sp³-hybridized carbons (Fsp3) is 0.727. The first-order valence-corrected chi connectivity index (χ1v) is 6.23. The zero-order chi connectivity index (χ0) is 10.9. The van der Waals surface area contributed by atoms with Gasteiger partial charge >= 0.3 is 0 Å². The van der Waals surface area contributed by atoms with Crippen LogP contribution in [0.1, 0.15) is 28.4 Å². The van der Waals surface area contributed by atoms with Crippen LogP contribution in [0.25, 0.3) is 0 Å². The van der Waals surface area contributed by atoms with Crippen molar-refractivity contribution in [1.82, 2.24) is 10.3 Å². The Morgan fingerprint density at radius 1 is 1.53 bits per heavy atom. The van der Waals surface area contributed by atoms with E-state index in [1.54, 1.807) is 11.3 Å². The van der Waals surface area contributed by atoms with Crippen molar-refractivity contribution in [2.75, 3.05) is 13.1 Å². The number of hydrogen-bond donors (Lipinski definition) is 1. The number of aryl methyl sites for hydroxylation is 2. The Kier molecular flexibility index (Phi) is 3.07. The normalized spacial score (nSPS) is 26.9. The van der Waals surface area contributed by atoms with Gasteiger partial charge in [0.25, 0.3) is 0 Å². The molecule has 0 radical (unpaired) electrons. The zero-order valence-corrected chi connectivity index (χ0v) is 10.1. The van der Waals surface area contributed by atoms with Gasteiger partial charge in [0.2, 0.25) is 0 Å². The van der Waals surface area contributed by atoms with E-state index < -0.39 is 5.67 Å². The summed E-state index contributed by atoms with van der Waals surface area (Å²) in [5.41, 5.74) is -0.0306. The Morgan fingerprint density at radius 3 is 2.87 bits per heavy atom. The molecule has 84 valence electrons. The molecule has 4 heteroatoms. The first-order valence-electron chi connectivity index (χ1n) is 5.42. The lowest BCUT2D eigenvalue weighted by atomic mass is 9.93. The second-order valence-corrected chi connectivity index (χ2v) is 5.64. The minimum absolute atomic E-state index is 0.472. The number of halogens is 1. The summed E-state index contributed by atoms with van der Waals surface area (Å²) in [7, 11) is 0. The van der Waals surface area contributed by atoms with Gasteiger partial charge in [-0.15, -0.1) is 11.3 Å². The number of aromatic nitrogens is 1. The lowest BCUT2D eigenvalue weighted by molar-refractivity contribution is 0.122. The molecule has 0 aliphatic carbocycles. The van der Waals surface area contributed by atoms with Crippen molar-refractivity contribution in [2.45, 2.75) is 38.8 Å². The van der Waals surface area contributed by atoms with Gasteiger partial charge in [-0.25, -0.2) is 9.37 Å². The number of thiazole rings is 1. The van der Waals surface area contributed by atoms with Crippen LogP contribution in [0.3, 0.4) is 0 Å². The predicted molar refractivity (Wildman–Crippen MR) is 61.2 cm³/mol. The van der Waals surface area contributed by atoms with Crippen molar-refractivity contribution >= 4 is 11.3 Å². The average Bonchev–Trinajstić information content (AvgIpc) is 2.46. The van der Waals surface area contributed by atoms with Crippen LogP contribution < -0.4 is 5.32 Å². The fourth-order valence-electron chi connectivity index (χ4n) is 1.97. The summed E-state index contributed by atoms with van der Waals surface area (Å²) in [6.45, 7) is 5.45. The number of rotatable bonds is 2. The molecule has 0 bridgehead atoms. The Labute approximate surface area is 93.9 Å². The monoisotopic (exact) mass is 228 g/mol. The maximum absolute atomic E-state index is 14.3. The smallest absolute Gasteiger partial charge is 0.129 e. The van der Waals surface area contributed by atoms with E-state index in [9.17, 15) is 4.39 Å². The van der Waals surface area contributed by atoms with Gasteiger partial charge in [-0.1, -0.05) is 0 Å². The van der Waals surface area contributed by atoms with E-state index in [-0.39, 0.29) is 0 Å². The summed E-state index contributed by atoms with van der Waals surface area (Å²) in [5, 5.41) is 4.06. The molecule has 0 amide bonds. The predicted octanol–water partition coefficient (Wildman–Crippen LogP) is 2.39. The van der Waals surface area contributed by atoms with Crippen LogP contribution in [0, 0.1) is 13.8 Å². The van der Waals surface area contributed by atoms with Gasteiger partial charge in [0.1, 0.15) is 5.67 Å². The molecule has 0 aromatic carbocycles. The Morgan fingerprint density at radius 2 is 2.33 bits per heavy atom. The molecule has 1 unspecified atom stereocenters. The van der Waals surface area contributed by atoms with Crippen molar-refractivity contribution in [3.05, 3.63) is 15.6 Å². The molecular formula is C11H17FN2S. The molecule has 1 atom stereocenters. The zero-order valence-electron chi connectivity index (χ0n) is 9.27. The summed E-state index contributed by atoms with van der Waals surface area (Å²) in [6, 6.07) is 0. The molecule has 1 aromatic heterocycles. The van der Waals surface area contributed by atoms with Gasteiger partial charge in [0.15, 0.2) is 0 Å². The molecular weight excluding hydrogens is 211 g/mol. The van der Waals surface area contributed by atoms with Crippen molar-refractivity contribution < 1.29 is 4.39 Å². The first-order chi connectivity index (χ1) is 7.09. The highest BCUT2D eigenvalue weighted by Gasteiger charge is 2.32. The average molecular weight is 228 g/mol. The van der Waals surface area contributed by atoms with Crippen molar-refractivity contribution in [1.29, 1.82) is 0 Å². The van der Waals surface area contributed by atoms with Gasteiger partial charge < -0.3 is 5.32 Å².